The van der Waals surface area contributed by atoms with Crippen molar-refractivity contribution in [1.82, 2.24) is 14.8 Å². The predicted octanol–water partition coefficient (Wildman–Crippen LogP) is 3.67. The van der Waals surface area contributed by atoms with Gasteiger partial charge in [0, 0.05) is 11.4 Å². The second-order valence-electron chi connectivity index (χ2n) is 5.04. The van der Waals surface area contributed by atoms with E-state index in [9.17, 15) is 0 Å². The third-order valence-electron chi connectivity index (χ3n) is 3.77. The summed E-state index contributed by atoms with van der Waals surface area (Å²) in [5.74, 6) is 1.64. The van der Waals surface area contributed by atoms with E-state index in [4.69, 9.17) is 16.0 Å². The Bertz CT molecular complexity index is 735. The Morgan fingerprint density at radius 3 is 2.86 bits per heavy atom. The minimum atomic E-state index is 0.0411. The van der Waals surface area contributed by atoms with Crippen LogP contribution in [-0.2, 0) is 0 Å². The molecule has 2 aromatic heterocycles. The Balaban J connectivity index is 1.72. The van der Waals surface area contributed by atoms with Crippen LogP contribution in [0.25, 0.3) is 0 Å². The minimum Gasteiger partial charge on any atom is -0.467 e. The van der Waals surface area contributed by atoms with E-state index in [2.05, 4.69) is 15.4 Å². The number of nitrogens with one attached hydrogen (secondary N) is 1. The summed E-state index contributed by atoms with van der Waals surface area (Å²) in [6.45, 7) is 0. The standard InChI is InChI=1S/C15H13ClN4O/c16-11-5-3-10(4-6-11)12-8-13(14-2-1-7-21-14)20-15(19-12)17-9-18-20/h1-7,9,12-13H,8H2,(H,17,18,19)/t12-,13+/m0/s1. The highest BCUT2D eigenvalue weighted by molar-refractivity contribution is 6.30. The molecule has 2 atom stereocenters. The number of rotatable bonds is 2. The van der Waals surface area contributed by atoms with Crippen molar-refractivity contribution >= 4 is 17.5 Å². The van der Waals surface area contributed by atoms with Crippen molar-refractivity contribution < 1.29 is 4.42 Å². The largest absolute Gasteiger partial charge is 0.467 e. The Morgan fingerprint density at radius 2 is 2.10 bits per heavy atom. The smallest absolute Gasteiger partial charge is 0.222 e. The molecule has 0 fully saturated rings. The third kappa shape index (κ3) is 2.19. The molecule has 1 aliphatic rings. The fraction of sp³-hybridized carbons (Fsp3) is 0.200. The van der Waals surface area contributed by atoms with Crippen molar-refractivity contribution in [2.75, 3.05) is 5.32 Å². The molecular formula is C15H13ClN4O. The van der Waals surface area contributed by atoms with E-state index in [1.165, 1.54) is 5.56 Å². The van der Waals surface area contributed by atoms with Crippen molar-refractivity contribution in [3.05, 3.63) is 65.3 Å². The Hall–Kier alpha value is -2.27. The first kappa shape index (κ1) is 12.5. The lowest BCUT2D eigenvalue weighted by atomic mass is 9.96. The maximum atomic E-state index is 5.96. The first-order chi connectivity index (χ1) is 10.3. The van der Waals surface area contributed by atoms with Gasteiger partial charge in [0.25, 0.3) is 0 Å². The molecule has 0 unspecified atom stereocenters. The fourth-order valence-electron chi connectivity index (χ4n) is 2.75. The van der Waals surface area contributed by atoms with Crippen LogP contribution in [0.1, 0.15) is 29.8 Å². The Labute approximate surface area is 126 Å². The zero-order valence-electron chi connectivity index (χ0n) is 11.1. The lowest BCUT2D eigenvalue weighted by Gasteiger charge is -2.30. The first-order valence-corrected chi connectivity index (χ1v) is 7.14. The molecule has 106 valence electrons. The van der Waals surface area contributed by atoms with E-state index in [1.54, 1.807) is 12.6 Å². The number of hydrogen-bond donors (Lipinski definition) is 1. The molecule has 21 heavy (non-hydrogen) atoms. The maximum absolute atomic E-state index is 5.96. The van der Waals surface area contributed by atoms with Crippen LogP contribution >= 0.6 is 11.6 Å². The summed E-state index contributed by atoms with van der Waals surface area (Å²) in [4.78, 5) is 4.28. The zero-order chi connectivity index (χ0) is 14.2. The maximum Gasteiger partial charge on any atom is 0.222 e. The van der Waals surface area contributed by atoms with Gasteiger partial charge in [0.1, 0.15) is 18.1 Å². The lowest BCUT2D eigenvalue weighted by Crippen LogP contribution is -2.27. The van der Waals surface area contributed by atoms with E-state index in [1.807, 2.05) is 41.1 Å². The van der Waals surface area contributed by atoms with Crippen molar-refractivity contribution in [3.8, 4) is 0 Å². The van der Waals surface area contributed by atoms with Gasteiger partial charge in [-0.3, -0.25) is 0 Å². The molecule has 5 nitrogen and oxygen atoms in total. The average Bonchev–Trinajstić information content (AvgIpc) is 3.18. The molecule has 1 aliphatic heterocycles. The fourth-order valence-corrected chi connectivity index (χ4v) is 2.88. The normalized spacial score (nSPS) is 20.8. The van der Waals surface area contributed by atoms with Crippen molar-refractivity contribution in [2.24, 2.45) is 0 Å². The van der Waals surface area contributed by atoms with E-state index in [0.29, 0.717) is 0 Å². The van der Waals surface area contributed by atoms with Gasteiger partial charge < -0.3 is 9.73 Å². The van der Waals surface area contributed by atoms with Crippen LogP contribution in [-0.4, -0.2) is 14.8 Å². The number of benzene rings is 1. The molecule has 0 amide bonds. The molecule has 6 heteroatoms. The average molecular weight is 301 g/mol. The van der Waals surface area contributed by atoms with Crippen LogP contribution in [0, 0.1) is 0 Å². The molecule has 4 rings (SSSR count). The lowest BCUT2D eigenvalue weighted by molar-refractivity contribution is 0.358. The number of halogens is 1. The second-order valence-corrected chi connectivity index (χ2v) is 5.48. The van der Waals surface area contributed by atoms with Gasteiger partial charge in [-0.05, 0) is 29.8 Å². The summed E-state index contributed by atoms with van der Waals surface area (Å²) in [5, 5.41) is 8.44. The van der Waals surface area contributed by atoms with Crippen LogP contribution < -0.4 is 5.32 Å². The molecule has 3 heterocycles. The van der Waals surface area contributed by atoms with E-state index < -0.39 is 0 Å². The number of furan rings is 1. The van der Waals surface area contributed by atoms with Crippen molar-refractivity contribution in [2.45, 2.75) is 18.5 Å². The highest BCUT2D eigenvalue weighted by Crippen LogP contribution is 2.37. The summed E-state index contributed by atoms with van der Waals surface area (Å²) in [6, 6.07) is 11.9. The number of hydrogen-bond acceptors (Lipinski definition) is 4. The predicted molar refractivity (Wildman–Crippen MR) is 79.3 cm³/mol. The molecule has 0 saturated carbocycles. The number of nitrogens with zero attached hydrogens (tertiary/aromatic N) is 3. The van der Waals surface area contributed by atoms with Crippen molar-refractivity contribution in [3.63, 3.8) is 0 Å². The summed E-state index contributed by atoms with van der Waals surface area (Å²) >= 11 is 5.96. The van der Waals surface area contributed by atoms with Gasteiger partial charge in [0.15, 0.2) is 0 Å². The number of anilines is 1. The third-order valence-corrected chi connectivity index (χ3v) is 4.03. The SMILES string of the molecule is Clc1ccc([C@@H]2C[C@H](c3ccco3)n3ncnc3N2)cc1. The van der Waals surface area contributed by atoms with Gasteiger partial charge in [-0.2, -0.15) is 10.1 Å². The minimum absolute atomic E-state index is 0.0411. The molecule has 0 radical (unpaired) electrons. The van der Waals surface area contributed by atoms with Crippen LogP contribution in [0.3, 0.4) is 0 Å². The van der Waals surface area contributed by atoms with Gasteiger partial charge in [-0.1, -0.05) is 23.7 Å². The molecule has 3 aromatic rings. The summed E-state index contributed by atoms with van der Waals surface area (Å²) in [5.41, 5.74) is 1.17. The van der Waals surface area contributed by atoms with Gasteiger partial charge in [-0.25, -0.2) is 4.68 Å². The van der Waals surface area contributed by atoms with Gasteiger partial charge in [0.2, 0.25) is 5.95 Å². The van der Waals surface area contributed by atoms with E-state index in [-0.39, 0.29) is 12.1 Å². The van der Waals surface area contributed by atoms with E-state index in [0.717, 1.165) is 23.2 Å². The Kier molecular flexibility index (Phi) is 2.93. The van der Waals surface area contributed by atoms with E-state index >= 15 is 0 Å². The topological polar surface area (TPSA) is 55.9 Å². The van der Waals surface area contributed by atoms with Crippen LogP contribution in [0.5, 0.6) is 0 Å². The zero-order valence-corrected chi connectivity index (χ0v) is 11.9. The molecule has 0 saturated heterocycles. The summed E-state index contributed by atoms with van der Waals surface area (Å²) < 4.78 is 7.43. The first-order valence-electron chi connectivity index (χ1n) is 6.76. The van der Waals surface area contributed by atoms with Crippen LogP contribution in [0.4, 0.5) is 5.95 Å². The highest BCUT2D eigenvalue weighted by Gasteiger charge is 2.31. The van der Waals surface area contributed by atoms with Crippen LogP contribution in [0.2, 0.25) is 5.02 Å². The molecule has 1 aromatic carbocycles. The number of aromatic nitrogens is 3. The molecule has 1 N–H and O–H groups in total. The Morgan fingerprint density at radius 1 is 1.24 bits per heavy atom. The monoisotopic (exact) mass is 300 g/mol. The molecule has 0 aliphatic carbocycles. The molecule has 0 bridgehead atoms. The van der Waals surface area contributed by atoms with Gasteiger partial charge in [-0.15, -0.1) is 0 Å². The number of fused-ring (bicyclic) bond motifs is 1. The summed E-state index contributed by atoms with van der Waals surface area (Å²) in [6.07, 6.45) is 4.08. The van der Waals surface area contributed by atoms with Gasteiger partial charge >= 0.3 is 0 Å². The molecular weight excluding hydrogens is 288 g/mol. The van der Waals surface area contributed by atoms with Crippen molar-refractivity contribution in [1.29, 1.82) is 0 Å². The summed E-state index contributed by atoms with van der Waals surface area (Å²) in [7, 11) is 0. The highest BCUT2D eigenvalue weighted by atomic mass is 35.5. The second kappa shape index (κ2) is 4.93. The quantitative estimate of drug-likeness (QED) is 0.784. The molecule has 0 spiro atoms. The van der Waals surface area contributed by atoms with Gasteiger partial charge in [0.05, 0.1) is 12.3 Å². The van der Waals surface area contributed by atoms with Crippen LogP contribution in [0.15, 0.2) is 53.4 Å².